The Morgan fingerprint density at radius 3 is 2.50 bits per heavy atom. The van der Waals surface area contributed by atoms with Crippen LogP contribution in [0.25, 0.3) is 6.08 Å². The smallest absolute Gasteiger partial charge is 0.264 e. The molecule has 134 valence electrons. The fraction of sp³-hybridized carbons (Fsp3) is 0.111. The van der Waals surface area contributed by atoms with Gasteiger partial charge in [0, 0.05) is 0 Å². The first-order valence-electron chi connectivity index (χ1n) is 7.63. The van der Waals surface area contributed by atoms with Crippen molar-refractivity contribution in [2.45, 2.75) is 6.92 Å². The molecule has 26 heavy (non-hydrogen) atoms. The quantitative estimate of drug-likeness (QED) is 0.684. The van der Waals surface area contributed by atoms with Gasteiger partial charge in [-0.3, -0.25) is 4.79 Å². The first-order chi connectivity index (χ1) is 12.5. The normalized spacial score (nSPS) is 17.0. The molecule has 4 nitrogen and oxygen atoms in total. The van der Waals surface area contributed by atoms with Crippen LogP contribution in [0.15, 0.2) is 46.3 Å². The van der Waals surface area contributed by atoms with Gasteiger partial charge in [0.05, 0.1) is 27.2 Å². The van der Waals surface area contributed by atoms with E-state index in [-0.39, 0.29) is 11.7 Å². The molecular weight excluding hydrogens is 398 g/mol. The summed E-state index contributed by atoms with van der Waals surface area (Å²) in [6.45, 7) is 2.28. The maximum atomic E-state index is 12.9. The van der Waals surface area contributed by atoms with E-state index in [1.165, 1.54) is 36.0 Å². The number of carbonyl (C=O) groups is 1. The van der Waals surface area contributed by atoms with Crippen molar-refractivity contribution in [2.24, 2.45) is 4.99 Å². The number of halogens is 3. The van der Waals surface area contributed by atoms with E-state index in [2.05, 4.69) is 10.3 Å². The average Bonchev–Trinajstić information content (AvgIpc) is 2.92. The molecule has 1 aliphatic heterocycles. The molecule has 0 aliphatic carbocycles. The number of amides is 1. The molecule has 1 amide bonds. The maximum absolute atomic E-state index is 12.9. The van der Waals surface area contributed by atoms with Gasteiger partial charge in [-0.1, -0.05) is 23.2 Å². The number of carbonyl (C=O) groups excluding carboxylic acids is 1. The lowest BCUT2D eigenvalue weighted by atomic mass is 10.2. The van der Waals surface area contributed by atoms with Crippen LogP contribution in [0, 0.1) is 5.82 Å². The summed E-state index contributed by atoms with van der Waals surface area (Å²) in [4.78, 5) is 16.9. The van der Waals surface area contributed by atoms with Crippen LogP contribution in [0.5, 0.6) is 5.75 Å². The van der Waals surface area contributed by atoms with Crippen molar-refractivity contribution in [3.05, 3.63) is 62.7 Å². The van der Waals surface area contributed by atoms with Gasteiger partial charge in [0.25, 0.3) is 5.91 Å². The largest absolute Gasteiger partial charge is 0.491 e. The van der Waals surface area contributed by atoms with Gasteiger partial charge in [-0.05, 0) is 66.7 Å². The number of benzene rings is 2. The van der Waals surface area contributed by atoms with E-state index in [0.29, 0.717) is 43.7 Å². The minimum atomic E-state index is -0.345. The van der Waals surface area contributed by atoms with Crippen molar-refractivity contribution in [1.29, 1.82) is 0 Å². The van der Waals surface area contributed by atoms with E-state index in [1.807, 2.05) is 6.92 Å². The van der Waals surface area contributed by atoms with Gasteiger partial charge < -0.3 is 10.1 Å². The molecule has 1 heterocycles. The molecule has 1 aliphatic rings. The fourth-order valence-electron chi connectivity index (χ4n) is 2.21. The molecular formula is C18H13Cl2FN2O2S. The van der Waals surface area contributed by atoms with E-state index in [9.17, 15) is 9.18 Å². The third-order valence-corrected chi connectivity index (χ3v) is 4.79. The Morgan fingerprint density at radius 1 is 1.23 bits per heavy atom. The lowest BCUT2D eigenvalue weighted by molar-refractivity contribution is -0.115. The monoisotopic (exact) mass is 410 g/mol. The lowest BCUT2D eigenvalue weighted by Gasteiger charge is -2.08. The minimum Gasteiger partial charge on any atom is -0.491 e. The molecule has 1 fully saturated rings. The molecule has 0 bridgehead atoms. The number of ether oxygens (including phenoxy) is 1. The Balaban J connectivity index is 1.84. The fourth-order valence-corrected chi connectivity index (χ4v) is 3.66. The van der Waals surface area contributed by atoms with Gasteiger partial charge in [0.2, 0.25) is 0 Å². The van der Waals surface area contributed by atoms with E-state index < -0.39 is 0 Å². The number of amidine groups is 1. The second-order valence-electron chi connectivity index (χ2n) is 5.20. The van der Waals surface area contributed by atoms with Gasteiger partial charge in [-0.15, -0.1) is 0 Å². The number of aliphatic imine (C=N–C) groups is 1. The van der Waals surface area contributed by atoms with Crippen LogP contribution in [-0.2, 0) is 4.79 Å². The molecule has 3 rings (SSSR count). The van der Waals surface area contributed by atoms with Gasteiger partial charge in [-0.2, -0.15) is 0 Å². The van der Waals surface area contributed by atoms with Crippen molar-refractivity contribution in [3.8, 4) is 5.75 Å². The topological polar surface area (TPSA) is 50.7 Å². The highest BCUT2D eigenvalue weighted by atomic mass is 35.5. The van der Waals surface area contributed by atoms with Crippen molar-refractivity contribution < 1.29 is 13.9 Å². The molecule has 2 aromatic rings. The Bertz CT molecular complexity index is 891. The summed E-state index contributed by atoms with van der Waals surface area (Å²) in [7, 11) is 0. The van der Waals surface area contributed by atoms with E-state index >= 15 is 0 Å². The molecule has 8 heteroatoms. The van der Waals surface area contributed by atoms with Crippen molar-refractivity contribution in [3.63, 3.8) is 0 Å². The van der Waals surface area contributed by atoms with Crippen LogP contribution in [0.2, 0.25) is 10.0 Å². The zero-order chi connectivity index (χ0) is 18.7. The van der Waals surface area contributed by atoms with Crippen LogP contribution in [0.1, 0.15) is 12.5 Å². The summed E-state index contributed by atoms with van der Waals surface area (Å²) in [6, 6.07) is 9.03. The standard InChI is InChI=1S/C18H13Cl2FN2O2S/c1-2-25-16-13(19)7-10(8-14(16)20)9-15-17(24)23-18(26-15)22-12-5-3-11(21)4-6-12/h3-9H,2H2,1H3,(H,22,23,24)/b15-9+. The molecule has 0 aromatic heterocycles. The highest BCUT2D eigenvalue weighted by molar-refractivity contribution is 8.18. The molecule has 0 radical (unpaired) electrons. The van der Waals surface area contributed by atoms with E-state index in [0.717, 1.165) is 0 Å². The molecule has 1 N–H and O–H groups in total. The zero-order valence-corrected chi connectivity index (χ0v) is 15.9. The SMILES string of the molecule is CCOc1c(Cl)cc(/C=C2/SC(=Nc3ccc(F)cc3)NC2=O)cc1Cl. The third kappa shape index (κ3) is 4.38. The number of nitrogens with one attached hydrogen (secondary N) is 1. The predicted octanol–water partition coefficient (Wildman–Crippen LogP) is 5.42. The first kappa shape index (κ1) is 18.8. The third-order valence-electron chi connectivity index (χ3n) is 3.32. The van der Waals surface area contributed by atoms with Crippen molar-refractivity contribution in [2.75, 3.05) is 6.61 Å². The number of hydrogen-bond acceptors (Lipinski definition) is 4. The van der Waals surface area contributed by atoms with Gasteiger partial charge >= 0.3 is 0 Å². The van der Waals surface area contributed by atoms with E-state index in [1.54, 1.807) is 18.2 Å². The summed E-state index contributed by atoms with van der Waals surface area (Å²) >= 11 is 13.5. The number of thioether (sulfide) groups is 1. The van der Waals surface area contributed by atoms with Crippen LogP contribution in [-0.4, -0.2) is 17.7 Å². The van der Waals surface area contributed by atoms with Crippen molar-refractivity contribution in [1.82, 2.24) is 5.32 Å². The van der Waals surface area contributed by atoms with Crippen LogP contribution < -0.4 is 10.1 Å². The molecule has 0 unspecified atom stereocenters. The summed E-state index contributed by atoms with van der Waals surface area (Å²) in [5.74, 6) is -0.209. The molecule has 0 atom stereocenters. The second-order valence-corrected chi connectivity index (χ2v) is 7.05. The Labute approximate surface area is 164 Å². The van der Waals surface area contributed by atoms with Gasteiger partial charge in [0.15, 0.2) is 10.9 Å². The van der Waals surface area contributed by atoms with Gasteiger partial charge in [-0.25, -0.2) is 9.38 Å². The predicted molar refractivity (Wildman–Crippen MR) is 105 cm³/mol. The summed E-state index contributed by atoms with van der Waals surface area (Å²) < 4.78 is 18.3. The average molecular weight is 411 g/mol. The summed E-state index contributed by atoms with van der Waals surface area (Å²) in [5, 5.41) is 3.82. The van der Waals surface area contributed by atoms with Crippen LogP contribution in [0.4, 0.5) is 10.1 Å². The van der Waals surface area contributed by atoms with Crippen LogP contribution in [0.3, 0.4) is 0 Å². The maximum Gasteiger partial charge on any atom is 0.264 e. The Hall–Kier alpha value is -2.02. The summed E-state index contributed by atoms with van der Waals surface area (Å²) in [6.07, 6.45) is 1.67. The first-order valence-corrected chi connectivity index (χ1v) is 9.20. The summed E-state index contributed by atoms with van der Waals surface area (Å²) in [5.41, 5.74) is 1.21. The second kappa shape index (κ2) is 8.12. The lowest BCUT2D eigenvalue weighted by Crippen LogP contribution is -2.19. The minimum absolute atomic E-state index is 0.281. The Kier molecular flexibility index (Phi) is 5.86. The highest BCUT2D eigenvalue weighted by Crippen LogP contribution is 2.36. The highest BCUT2D eigenvalue weighted by Gasteiger charge is 2.24. The number of nitrogens with zero attached hydrogens (tertiary/aromatic N) is 1. The number of rotatable bonds is 4. The van der Waals surface area contributed by atoms with Crippen LogP contribution >= 0.6 is 35.0 Å². The molecule has 1 saturated heterocycles. The zero-order valence-electron chi connectivity index (χ0n) is 13.6. The molecule has 2 aromatic carbocycles. The Morgan fingerprint density at radius 2 is 1.88 bits per heavy atom. The van der Waals surface area contributed by atoms with Crippen molar-refractivity contribution >= 4 is 57.8 Å². The molecule has 0 spiro atoms. The molecule has 0 saturated carbocycles. The van der Waals surface area contributed by atoms with E-state index in [4.69, 9.17) is 27.9 Å². The van der Waals surface area contributed by atoms with Gasteiger partial charge in [0.1, 0.15) is 5.82 Å². The number of hydrogen-bond donors (Lipinski definition) is 1.